The predicted molar refractivity (Wildman–Crippen MR) is 80.5 cm³/mol. The minimum atomic E-state index is -2.07. The smallest absolute Gasteiger partial charge is 0.104 e. The number of rotatable bonds is 9. The molecule has 0 N–H and O–H groups in total. The van der Waals surface area contributed by atoms with Crippen molar-refractivity contribution in [2.75, 3.05) is 20.6 Å². The summed E-state index contributed by atoms with van der Waals surface area (Å²) >= 11 is 0. The van der Waals surface area contributed by atoms with E-state index in [4.69, 9.17) is 9.60 Å². The zero-order valence-corrected chi connectivity index (χ0v) is 11.9. The van der Waals surface area contributed by atoms with Crippen molar-refractivity contribution < 1.29 is 14.1 Å². The van der Waals surface area contributed by atoms with Crippen LogP contribution in [-0.2, 0) is 6.50 Å². The van der Waals surface area contributed by atoms with E-state index < -0.39 is 36.7 Å². The molecule has 0 aliphatic heterocycles. The minimum absolute atomic E-state index is 0.0746. The highest BCUT2D eigenvalue weighted by Gasteiger charge is 2.14. The van der Waals surface area contributed by atoms with Gasteiger partial charge in [-0.1, -0.05) is 62.8 Å². The third-order valence-corrected chi connectivity index (χ3v) is 2.99. The molecule has 18 heavy (non-hydrogen) atoms. The lowest BCUT2D eigenvalue weighted by Crippen LogP contribution is -2.39. The van der Waals surface area contributed by atoms with Crippen LogP contribution in [0.5, 0.6) is 0 Å². The highest BCUT2D eigenvalue weighted by molar-refractivity contribution is 5.13. The number of nitrogens with zero attached hydrogens (tertiary/aromatic N) is 1. The Morgan fingerprint density at radius 3 is 2.28 bits per heavy atom. The van der Waals surface area contributed by atoms with Crippen LogP contribution in [0.4, 0.5) is 0 Å². The summed E-state index contributed by atoms with van der Waals surface area (Å²) in [5.41, 5.74) is -0.255. The standard InChI is InChI=1S/C17H30N/c1-4-5-6-7-8-12-15-18(2,3)16-17-13-10-9-11-14-17/h9-11,13-14H,4-8,12,15-16H2,1-3H3/q+1/i9D,10D,11D,13D,14D,16D2. The van der Waals surface area contributed by atoms with Gasteiger partial charge < -0.3 is 4.48 Å². The molecule has 0 aromatic heterocycles. The molecule has 0 fully saturated rings. The van der Waals surface area contributed by atoms with Crippen LogP contribution in [0.2, 0.25) is 0 Å². The lowest BCUT2D eigenvalue weighted by Gasteiger charge is -2.30. The molecule has 1 aromatic rings. The molecule has 1 aromatic carbocycles. The van der Waals surface area contributed by atoms with Crippen LogP contribution >= 0.6 is 0 Å². The topological polar surface area (TPSA) is 0 Å². The molecule has 0 aliphatic carbocycles. The van der Waals surface area contributed by atoms with Gasteiger partial charge in [-0.3, -0.25) is 0 Å². The van der Waals surface area contributed by atoms with Crippen molar-refractivity contribution in [3.05, 3.63) is 35.8 Å². The van der Waals surface area contributed by atoms with Crippen molar-refractivity contribution in [1.29, 1.82) is 0 Å². The Balaban J connectivity index is 3.03. The fourth-order valence-electron chi connectivity index (χ4n) is 1.95. The average molecular weight is 255 g/mol. The Morgan fingerprint density at radius 1 is 1.00 bits per heavy atom. The Kier molecular flexibility index (Phi) is 3.55. The number of hydrogen-bond donors (Lipinski definition) is 0. The number of unbranched alkanes of at least 4 members (excludes halogenated alkanes) is 5. The number of quaternary nitrogens is 1. The van der Waals surface area contributed by atoms with Gasteiger partial charge in [0.15, 0.2) is 0 Å². The fourth-order valence-corrected chi connectivity index (χ4v) is 1.95. The maximum absolute atomic E-state index is 8.53. The highest BCUT2D eigenvalue weighted by Crippen LogP contribution is 2.12. The van der Waals surface area contributed by atoms with Gasteiger partial charge >= 0.3 is 0 Å². The van der Waals surface area contributed by atoms with Gasteiger partial charge in [0.05, 0.1) is 30.2 Å². The average Bonchev–Trinajstić information content (AvgIpc) is 2.54. The summed E-state index contributed by atoms with van der Waals surface area (Å²) < 4.78 is 56.3. The normalized spacial score (nSPS) is 18.1. The monoisotopic (exact) mass is 255 g/mol. The molecule has 0 unspecified atom stereocenters. The summed E-state index contributed by atoms with van der Waals surface area (Å²) in [6, 6.07) is -2.37. The van der Waals surface area contributed by atoms with E-state index in [0.29, 0.717) is 6.54 Å². The molecule has 0 saturated heterocycles. The second-order valence-electron chi connectivity index (χ2n) is 5.29. The van der Waals surface area contributed by atoms with E-state index in [1.165, 1.54) is 19.3 Å². The Morgan fingerprint density at radius 2 is 1.61 bits per heavy atom. The van der Waals surface area contributed by atoms with Gasteiger partial charge in [0.25, 0.3) is 0 Å². The first-order valence-corrected chi connectivity index (χ1v) is 6.89. The zero-order valence-electron chi connectivity index (χ0n) is 18.9. The van der Waals surface area contributed by atoms with Crippen molar-refractivity contribution in [1.82, 2.24) is 0 Å². The minimum Gasteiger partial charge on any atom is -0.325 e. The summed E-state index contributed by atoms with van der Waals surface area (Å²) in [6.07, 6.45) is 6.54. The number of hydrogen-bond acceptors (Lipinski definition) is 0. The maximum atomic E-state index is 8.53. The van der Waals surface area contributed by atoms with E-state index in [2.05, 4.69) is 6.92 Å². The SMILES string of the molecule is [2H]c1c([2H])c([2H])c(C([2H])([2H])[N+](C)(C)CCCCCCCC)c([2H])c1[2H]. The van der Waals surface area contributed by atoms with Crippen LogP contribution < -0.4 is 0 Å². The molecule has 0 saturated carbocycles. The molecule has 0 amide bonds. The molecule has 1 rings (SSSR count). The largest absolute Gasteiger partial charge is 0.325 e. The van der Waals surface area contributed by atoms with Gasteiger partial charge in [0.1, 0.15) is 6.50 Å². The zero-order chi connectivity index (χ0) is 19.4. The van der Waals surface area contributed by atoms with Crippen molar-refractivity contribution in [2.24, 2.45) is 0 Å². The van der Waals surface area contributed by atoms with Crippen molar-refractivity contribution in [3.63, 3.8) is 0 Å². The van der Waals surface area contributed by atoms with E-state index in [1.54, 1.807) is 14.1 Å². The van der Waals surface area contributed by atoms with Crippen LogP contribution in [-0.4, -0.2) is 25.1 Å². The molecule has 102 valence electrons. The van der Waals surface area contributed by atoms with Gasteiger partial charge in [-0.25, -0.2) is 0 Å². The van der Waals surface area contributed by atoms with Crippen molar-refractivity contribution in [2.45, 2.75) is 51.9 Å². The van der Waals surface area contributed by atoms with Gasteiger partial charge in [-0.2, -0.15) is 0 Å². The van der Waals surface area contributed by atoms with E-state index in [1.807, 2.05) is 0 Å². The first-order valence-electron chi connectivity index (χ1n) is 10.4. The van der Waals surface area contributed by atoms with Gasteiger partial charge in [-0.05, 0) is 12.8 Å². The molecule has 0 spiro atoms. The van der Waals surface area contributed by atoms with Crippen molar-refractivity contribution >= 4 is 0 Å². The third-order valence-electron chi connectivity index (χ3n) is 2.99. The Bertz CT molecular complexity index is 570. The van der Waals surface area contributed by atoms with E-state index in [0.717, 1.165) is 19.3 Å². The molecule has 0 aliphatic rings. The molecule has 1 heteroatoms. The number of benzene rings is 1. The first-order chi connectivity index (χ1) is 11.5. The van der Waals surface area contributed by atoms with Crippen LogP contribution in [0, 0.1) is 0 Å². The predicted octanol–water partition coefficient (Wildman–Crippen LogP) is 4.62. The van der Waals surface area contributed by atoms with Gasteiger partial charge in [0.2, 0.25) is 0 Å². The summed E-state index contributed by atoms with van der Waals surface area (Å²) in [5, 5.41) is 0. The summed E-state index contributed by atoms with van der Waals surface area (Å²) in [4.78, 5) is 0. The molecular formula is C17H30N+. The third kappa shape index (κ3) is 6.80. The maximum Gasteiger partial charge on any atom is 0.104 e. The first kappa shape index (κ1) is 7.69. The molecule has 0 heterocycles. The van der Waals surface area contributed by atoms with Gasteiger partial charge in [0, 0.05) is 5.56 Å². The molecule has 1 nitrogen and oxygen atoms in total. The van der Waals surface area contributed by atoms with Crippen LogP contribution in [0.1, 0.15) is 60.6 Å². The Labute approximate surface area is 123 Å². The van der Waals surface area contributed by atoms with E-state index in [9.17, 15) is 0 Å². The second-order valence-corrected chi connectivity index (χ2v) is 5.29. The quantitative estimate of drug-likeness (QED) is 0.446. The summed E-state index contributed by atoms with van der Waals surface area (Å²) in [5.74, 6) is 0. The van der Waals surface area contributed by atoms with E-state index in [-0.39, 0.29) is 10.0 Å². The summed E-state index contributed by atoms with van der Waals surface area (Å²) in [7, 11) is 3.43. The molecule has 0 atom stereocenters. The lowest BCUT2D eigenvalue weighted by molar-refractivity contribution is -0.903. The molecule has 0 radical (unpaired) electrons. The molecule has 0 bridgehead atoms. The lowest BCUT2D eigenvalue weighted by atomic mass is 10.1. The highest BCUT2D eigenvalue weighted by atomic mass is 15.3. The van der Waals surface area contributed by atoms with E-state index >= 15 is 0 Å². The van der Waals surface area contributed by atoms with Crippen molar-refractivity contribution in [3.8, 4) is 0 Å². The van der Waals surface area contributed by atoms with Crippen LogP contribution in [0.25, 0.3) is 0 Å². The van der Waals surface area contributed by atoms with Crippen LogP contribution in [0.3, 0.4) is 0 Å². The van der Waals surface area contributed by atoms with Gasteiger partial charge in [-0.15, -0.1) is 0 Å². The second kappa shape index (κ2) is 8.31. The molecular weight excluding hydrogens is 218 g/mol. The fraction of sp³-hybridized carbons (Fsp3) is 0.647. The Hall–Kier alpha value is -0.820. The summed E-state index contributed by atoms with van der Waals surface area (Å²) in [6.45, 7) is 0.632. The van der Waals surface area contributed by atoms with Crippen LogP contribution in [0.15, 0.2) is 30.2 Å².